The SMILES string of the molecule is CCc1c(Br)c2ccccc2n1C. The smallest absolute Gasteiger partial charge is 0.0491 e. The van der Waals surface area contributed by atoms with Gasteiger partial charge in [0.05, 0.1) is 0 Å². The Morgan fingerprint density at radius 1 is 1.31 bits per heavy atom. The molecule has 2 rings (SSSR count). The minimum atomic E-state index is 1.06. The zero-order valence-electron chi connectivity index (χ0n) is 7.84. The van der Waals surface area contributed by atoms with Crippen molar-refractivity contribution in [1.82, 2.24) is 4.57 Å². The van der Waals surface area contributed by atoms with Gasteiger partial charge in [-0.3, -0.25) is 0 Å². The highest BCUT2D eigenvalue weighted by Crippen LogP contribution is 2.30. The van der Waals surface area contributed by atoms with Crippen LogP contribution in [-0.2, 0) is 13.5 Å². The Balaban J connectivity index is 2.88. The van der Waals surface area contributed by atoms with Crippen LogP contribution < -0.4 is 0 Å². The highest BCUT2D eigenvalue weighted by atomic mass is 79.9. The minimum absolute atomic E-state index is 1.06. The van der Waals surface area contributed by atoms with Crippen LogP contribution in [0.1, 0.15) is 12.6 Å². The molecule has 0 fully saturated rings. The first kappa shape index (κ1) is 8.82. The molecule has 0 saturated carbocycles. The molecule has 0 unspecified atom stereocenters. The molecule has 0 saturated heterocycles. The van der Waals surface area contributed by atoms with E-state index < -0.39 is 0 Å². The van der Waals surface area contributed by atoms with Crippen LogP contribution in [0.5, 0.6) is 0 Å². The maximum absolute atomic E-state index is 3.64. The monoisotopic (exact) mass is 237 g/mol. The van der Waals surface area contributed by atoms with Gasteiger partial charge in [-0.2, -0.15) is 0 Å². The molecule has 13 heavy (non-hydrogen) atoms. The van der Waals surface area contributed by atoms with Gasteiger partial charge in [0, 0.05) is 28.1 Å². The molecule has 0 amide bonds. The molecule has 1 aromatic carbocycles. The summed E-state index contributed by atoms with van der Waals surface area (Å²) in [5.41, 5.74) is 2.66. The first-order chi connectivity index (χ1) is 6.25. The van der Waals surface area contributed by atoms with Gasteiger partial charge >= 0.3 is 0 Å². The molecule has 68 valence electrons. The van der Waals surface area contributed by atoms with Crippen LogP contribution in [0.3, 0.4) is 0 Å². The van der Waals surface area contributed by atoms with Gasteiger partial charge < -0.3 is 4.57 Å². The largest absolute Gasteiger partial charge is 0.347 e. The van der Waals surface area contributed by atoms with Gasteiger partial charge in [-0.1, -0.05) is 25.1 Å². The van der Waals surface area contributed by atoms with Crippen molar-refractivity contribution in [2.75, 3.05) is 0 Å². The topological polar surface area (TPSA) is 4.93 Å². The van der Waals surface area contributed by atoms with Crippen LogP contribution in [0, 0.1) is 0 Å². The zero-order valence-corrected chi connectivity index (χ0v) is 9.43. The molecule has 1 nitrogen and oxygen atoms in total. The Morgan fingerprint density at radius 3 is 2.62 bits per heavy atom. The van der Waals surface area contributed by atoms with Crippen LogP contribution >= 0.6 is 15.9 Å². The molecule has 0 bridgehead atoms. The molecule has 0 spiro atoms. The Bertz CT molecular complexity index is 404. The number of benzene rings is 1. The summed E-state index contributed by atoms with van der Waals surface area (Å²) in [7, 11) is 2.12. The highest BCUT2D eigenvalue weighted by Gasteiger charge is 2.09. The number of para-hydroxylation sites is 1. The first-order valence-corrected chi connectivity index (χ1v) is 5.26. The Hall–Kier alpha value is -0.760. The van der Waals surface area contributed by atoms with E-state index in [9.17, 15) is 0 Å². The zero-order chi connectivity index (χ0) is 9.42. The van der Waals surface area contributed by atoms with Gasteiger partial charge in [0.15, 0.2) is 0 Å². The van der Waals surface area contributed by atoms with Crippen LogP contribution in [0.25, 0.3) is 10.9 Å². The maximum atomic E-state index is 3.64. The van der Waals surface area contributed by atoms with Crippen molar-refractivity contribution in [2.45, 2.75) is 13.3 Å². The predicted octanol–water partition coefficient (Wildman–Crippen LogP) is 3.50. The first-order valence-electron chi connectivity index (χ1n) is 4.47. The average molecular weight is 238 g/mol. The number of rotatable bonds is 1. The second kappa shape index (κ2) is 3.18. The third kappa shape index (κ3) is 1.20. The van der Waals surface area contributed by atoms with E-state index >= 15 is 0 Å². The lowest BCUT2D eigenvalue weighted by Crippen LogP contribution is -1.93. The number of aryl methyl sites for hydroxylation is 1. The summed E-state index contributed by atoms with van der Waals surface area (Å²) >= 11 is 3.64. The van der Waals surface area contributed by atoms with E-state index in [1.54, 1.807) is 0 Å². The fourth-order valence-corrected chi connectivity index (χ4v) is 2.67. The number of nitrogens with zero attached hydrogens (tertiary/aromatic N) is 1. The van der Waals surface area contributed by atoms with E-state index in [1.165, 1.54) is 21.1 Å². The van der Waals surface area contributed by atoms with Gasteiger partial charge in [0.25, 0.3) is 0 Å². The molecular weight excluding hydrogens is 226 g/mol. The molecule has 0 aliphatic rings. The van der Waals surface area contributed by atoms with Crippen LogP contribution in [0.2, 0.25) is 0 Å². The van der Waals surface area contributed by atoms with E-state index in [1.807, 2.05) is 0 Å². The molecule has 0 N–H and O–H groups in total. The van der Waals surface area contributed by atoms with Crippen molar-refractivity contribution in [3.63, 3.8) is 0 Å². The molecule has 1 heterocycles. The van der Waals surface area contributed by atoms with Gasteiger partial charge in [-0.25, -0.2) is 0 Å². The second-order valence-corrected chi connectivity index (χ2v) is 3.98. The second-order valence-electron chi connectivity index (χ2n) is 3.19. The quantitative estimate of drug-likeness (QED) is 0.716. The van der Waals surface area contributed by atoms with E-state index in [-0.39, 0.29) is 0 Å². The minimum Gasteiger partial charge on any atom is -0.347 e. The number of halogens is 1. The van der Waals surface area contributed by atoms with Gasteiger partial charge in [-0.05, 0) is 28.4 Å². The van der Waals surface area contributed by atoms with E-state index in [4.69, 9.17) is 0 Å². The summed E-state index contributed by atoms with van der Waals surface area (Å²) in [4.78, 5) is 0. The lowest BCUT2D eigenvalue weighted by Gasteiger charge is -2.00. The fourth-order valence-electron chi connectivity index (χ4n) is 1.79. The number of fused-ring (bicyclic) bond motifs is 1. The molecule has 0 aliphatic heterocycles. The molecule has 2 heteroatoms. The predicted molar refractivity (Wildman–Crippen MR) is 60.0 cm³/mol. The van der Waals surface area contributed by atoms with E-state index in [2.05, 4.69) is 58.7 Å². The number of aromatic nitrogens is 1. The van der Waals surface area contributed by atoms with Crippen molar-refractivity contribution in [1.29, 1.82) is 0 Å². The average Bonchev–Trinajstić information content (AvgIpc) is 2.41. The maximum Gasteiger partial charge on any atom is 0.0491 e. The molecule has 2 aromatic rings. The summed E-state index contributed by atoms with van der Waals surface area (Å²) in [5.74, 6) is 0. The van der Waals surface area contributed by atoms with Crippen LogP contribution in [-0.4, -0.2) is 4.57 Å². The van der Waals surface area contributed by atoms with Crippen LogP contribution in [0.15, 0.2) is 28.7 Å². The lowest BCUT2D eigenvalue weighted by atomic mass is 10.2. The molecule has 0 aliphatic carbocycles. The van der Waals surface area contributed by atoms with Crippen LogP contribution in [0.4, 0.5) is 0 Å². The van der Waals surface area contributed by atoms with Crippen molar-refractivity contribution in [3.8, 4) is 0 Å². The summed E-state index contributed by atoms with van der Waals surface area (Å²) in [5, 5.41) is 1.31. The fraction of sp³-hybridized carbons (Fsp3) is 0.273. The molecule has 0 radical (unpaired) electrons. The number of hydrogen-bond donors (Lipinski definition) is 0. The molecule has 1 aromatic heterocycles. The lowest BCUT2D eigenvalue weighted by molar-refractivity contribution is 0.860. The molecule has 0 atom stereocenters. The van der Waals surface area contributed by atoms with Crippen molar-refractivity contribution >= 4 is 26.8 Å². The van der Waals surface area contributed by atoms with Gasteiger partial charge in [0.2, 0.25) is 0 Å². The van der Waals surface area contributed by atoms with Crippen molar-refractivity contribution in [2.24, 2.45) is 7.05 Å². The van der Waals surface area contributed by atoms with Gasteiger partial charge in [-0.15, -0.1) is 0 Å². The summed E-state index contributed by atoms with van der Waals surface area (Å²) in [6, 6.07) is 8.46. The van der Waals surface area contributed by atoms with Gasteiger partial charge in [0.1, 0.15) is 0 Å². The van der Waals surface area contributed by atoms with Crippen molar-refractivity contribution < 1.29 is 0 Å². The summed E-state index contributed by atoms with van der Waals surface area (Å²) < 4.78 is 3.49. The third-order valence-corrected chi connectivity index (χ3v) is 3.38. The standard InChI is InChI=1S/C11H12BrN/c1-3-9-11(12)8-6-4-5-7-10(8)13(9)2/h4-7H,3H2,1-2H3. The third-order valence-electron chi connectivity index (χ3n) is 2.50. The normalized spacial score (nSPS) is 11.0. The number of hydrogen-bond acceptors (Lipinski definition) is 0. The highest BCUT2D eigenvalue weighted by molar-refractivity contribution is 9.10. The summed E-state index contributed by atoms with van der Waals surface area (Å²) in [6.07, 6.45) is 1.06. The Morgan fingerprint density at radius 2 is 2.00 bits per heavy atom. The summed E-state index contributed by atoms with van der Waals surface area (Å²) in [6.45, 7) is 2.18. The van der Waals surface area contributed by atoms with Crippen molar-refractivity contribution in [3.05, 3.63) is 34.4 Å². The molecular formula is C11H12BrN. The van der Waals surface area contributed by atoms with E-state index in [0.717, 1.165) is 6.42 Å². The Labute approximate surface area is 86.5 Å². The van der Waals surface area contributed by atoms with E-state index in [0.29, 0.717) is 0 Å². The Kier molecular flexibility index (Phi) is 2.16.